The van der Waals surface area contributed by atoms with E-state index in [1.54, 1.807) is 17.0 Å². The van der Waals surface area contributed by atoms with E-state index in [1.165, 1.54) is 6.92 Å². The number of aliphatic hydroxyl groups is 1. The zero-order valence-corrected chi connectivity index (χ0v) is 12.6. The van der Waals surface area contributed by atoms with Gasteiger partial charge in [-0.1, -0.05) is 18.2 Å². The molecule has 2 aliphatic rings. The Morgan fingerprint density at radius 3 is 2.68 bits per heavy atom. The maximum atomic E-state index is 12.8. The largest absolute Gasteiger partial charge is 0.379 e. The van der Waals surface area contributed by atoms with E-state index in [2.05, 4.69) is 4.90 Å². The summed E-state index contributed by atoms with van der Waals surface area (Å²) in [4.78, 5) is 27.9. The van der Waals surface area contributed by atoms with Crippen LogP contribution in [0.2, 0.25) is 0 Å². The molecule has 1 unspecified atom stereocenters. The number of benzene rings is 1. The maximum Gasteiger partial charge on any atom is 0.265 e. The second kappa shape index (κ2) is 5.79. The zero-order chi connectivity index (χ0) is 15.7. The van der Waals surface area contributed by atoms with Gasteiger partial charge in [-0.25, -0.2) is 0 Å². The standard InChI is InChI=1S/C16H20N2O4/c1-12(19)10-16(21)13-4-2-3-5-14(13)18(15(16)20)11-17-6-8-22-9-7-17/h2-5,21H,6-11H2,1H3. The van der Waals surface area contributed by atoms with Crippen molar-refractivity contribution in [3.63, 3.8) is 0 Å². The quantitative estimate of drug-likeness (QED) is 0.876. The Balaban J connectivity index is 1.91. The van der Waals surface area contributed by atoms with Crippen molar-refractivity contribution >= 4 is 17.4 Å². The molecule has 0 radical (unpaired) electrons. The first-order chi connectivity index (χ1) is 10.5. The number of amides is 1. The van der Waals surface area contributed by atoms with Crippen molar-refractivity contribution in [2.24, 2.45) is 0 Å². The van der Waals surface area contributed by atoms with Gasteiger partial charge in [0.05, 0.1) is 25.6 Å². The molecule has 1 aromatic rings. The number of morpholine rings is 1. The van der Waals surface area contributed by atoms with Crippen LogP contribution in [0.15, 0.2) is 24.3 Å². The van der Waals surface area contributed by atoms with Crippen molar-refractivity contribution in [1.82, 2.24) is 4.90 Å². The average molecular weight is 304 g/mol. The molecule has 0 bridgehead atoms. The number of nitrogens with zero attached hydrogens (tertiary/aromatic N) is 2. The molecular formula is C16H20N2O4. The highest BCUT2D eigenvalue weighted by molar-refractivity contribution is 6.08. The predicted octanol–water partition coefficient (Wildman–Crippen LogP) is 0.490. The summed E-state index contributed by atoms with van der Waals surface area (Å²) in [5, 5.41) is 10.8. The van der Waals surface area contributed by atoms with Crippen molar-refractivity contribution in [1.29, 1.82) is 0 Å². The van der Waals surface area contributed by atoms with E-state index in [1.807, 2.05) is 12.1 Å². The van der Waals surface area contributed by atoms with E-state index in [-0.39, 0.29) is 12.2 Å². The number of ketones is 1. The van der Waals surface area contributed by atoms with Gasteiger partial charge >= 0.3 is 0 Å². The lowest BCUT2D eigenvalue weighted by Crippen LogP contribution is -2.48. The molecule has 1 fully saturated rings. The van der Waals surface area contributed by atoms with Gasteiger partial charge in [0.1, 0.15) is 5.78 Å². The molecule has 1 aromatic carbocycles. The molecule has 3 rings (SSSR count). The van der Waals surface area contributed by atoms with Crippen LogP contribution in [0, 0.1) is 0 Å². The van der Waals surface area contributed by atoms with Crippen LogP contribution >= 0.6 is 0 Å². The molecule has 1 N–H and O–H groups in total. The fourth-order valence-corrected chi connectivity index (χ4v) is 3.12. The Morgan fingerprint density at radius 1 is 1.32 bits per heavy atom. The fraction of sp³-hybridized carbons (Fsp3) is 0.500. The van der Waals surface area contributed by atoms with Gasteiger partial charge in [-0.15, -0.1) is 0 Å². The van der Waals surface area contributed by atoms with Crippen LogP contribution in [0.25, 0.3) is 0 Å². The van der Waals surface area contributed by atoms with Crippen LogP contribution in [0.5, 0.6) is 0 Å². The van der Waals surface area contributed by atoms with Gasteiger partial charge in [0.25, 0.3) is 5.91 Å². The molecular weight excluding hydrogens is 284 g/mol. The smallest absolute Gasteiger partial charge is 0.265 e. The highest BCUT2D eigenvalue weighted by Crippen LogP contribution is 2.42. The minimum Gasteiger partial charge on any atom is -0.379 e. The normalized spacial score (nSPS) is 25.4. The number of para-hydroxylation sites is 1. The molecule has 118 valence electrons. The van der Waals surface area contributed by atoms with E-state index in [9.17, 15) is 14.7 Å². The molecule has 1 atom stereocenters. The molecule has 6 nitrogen and oxygen atoms in total. The van der Waals surface area contributed by atoms with Gasteiger partial charge in [-0.2, -0.15) is 0 Å². The molecule has 0 saturated carbocycles. The topological polar surface area (TPSA) is 70.1 Å². The van der Waals surface area contributed by atoms with Gasteiger partial charge in [-0.3, -0.25) is 19.4 Å². The van der Waals surface area contributed by atoms with Crippen LogP contribution < -0.4 is 4.90 Å². The second-order valence-corrected chi connectivity index (χ2v) is 5.86. The van der Waals surface area contributed by atoms with Crippen LogP contribution in [-0.4, -0.2) is 54.7 Å². The van der Waals surface area contributed by atoms with Crippen molar-refractivity contribution in [2.75, 3.05) is 37.9 Å². The SMILES string of the molecule is CC(=O)CC1(O)C(=O)N(CN2CCOCC2)c2ccccc21. The fourth-order valence-electron chi connectivity index (χ4n) is 3.12. The number of carbonyl (C=O) groups excluding carboxylic acids is 2. The van der Waals surface area contributed by atoms with E-state index in [0.29, 0.717) is 31.1 Å². The number of hydrogen-bond donors (Lipinski definition) is 1. The third-order valence-electron chi connectivity index (χ3n) is 4.19. The molecule has 22 heavy (non-hydrogen) atoms. The molecule has 0 aliphatic carbocycles. The first-order valence-corrected chi connectivity index (χ1v) is 7.46. The summed E-state index contributed by atoms with van der Waals surface area (Å²) in [5.41, 5.74) is -0.541. The number of rotatable bonds is 4. The number of anilines is 1. The van der Waals surface area contributed by atoms with Crippen LogP contribution in [0.3, 0.4) is 0 Å². The molecule has 2 aliphatic heterocycles. The van der Waals surface area contributed by atoms with Crippen LogP contribution in [0.4, 0.5) is 5.69 Å². The van der Waals surface area contributed by atoms with Gasteiger partial charge in [0, 0.05) is 25.1 Å². The zero-order valence-electron chi connectivity index (χ0n) is 12.6. The lowest BCUT2D eigenvalue weighted by atomic mass is 9.90. The Labute approximate surface area is 129 Å². The summed E-state index contributed by atoms with van der Waals surface area (Å²) in [6, 6.07) is 7.13. The summed E-state index contributed by atoms with van der Waals surface area (Å²) < 4.78 is 5.31. The van der Waals surface area contributed by atoms with Gasteiger partial charge < -0.3 is 9.84 Å². The summed E-state index contributed by atoms with van der Waals surface area (Å²) in [6.07, 6.45) is -0.192. The predicted molar refractivity (Wildman–Crippen MR) is 80.4 cm³/mol. The van der Waals surface area contributed by atoms with E-state index in [0.717, 1.165) is 13.1 Å². The number of ether oxygens (including phenoxy) is 1. The van der Waals surface area contributed by atoms with Crippen molar-refractivity contribution in [3.05, 3.63) is 29.8 Å². The molecule has 6 heteroatoms. The number of carbonyl (C=O) groups is 2. The van der Waals surface area contributed by atoms with Crippen LogP contribution in [-0.2, 0) is 19.9 Å². The summed E-state index contributed by atoms with van der Waals surface area (Å²) in [5.74, 6) is -0.630. The Bertz CT molecular complexity index is 598. The Morgan fingerprint density at radius 2 is 2.00 bits per heavy atom. The first-order valence-electron chi connectivity index (χ1n) is 7.46. The molecule has 0 aromatic heterocycles. The summed E-state index contributed by atoms with van der Waals surface area (Å²) in [6.45, 7) is 4.56. The maximum absolute atomic E-state index is 12.8. The van der Waals surface area contributed by atoms with Gasteiger partial charge in [-0.05, 0) is 13.0 Å². The summed E-state index contributed by atoms with van der Waals surface area (Å²) >= 11 is 0. The molecule has 1 saturated heterocycles. The van der Waals surface area contributed by atoms with Crippen molar-refractivity contribution < 1.29 is 19.4 Å². The third-order valence-corrected chi connectivity index (χ3v) is 4.19. The van der Waals surface area contributed by atoms with E-state index < -0.39 is 11.5 Å². The van der Waals surface area contributed by atoms with Crippen LogP contribution in [0.1, 0.15) is 18.9 Å². The second-order valence-electron chi connectivity index (χ2n) is 5.86. The van der Waals surface area contributed by atoms with Crippen molar-refractivity contribution in [3.8, 4) is 0 Å². The monoisotopic (exact) mass is 304 g/mol. The number of Topliss-reactive ketones (excluding diaryl/α,β-unsaturated/α-hetero) is 1. The van der Waals surface area contributed by atoms with Gasteiger partial charge in [0.2, 0.25) is 0 Å². The minimum absolute atomic E-state index is 0.192. The Hall–Kier alpha value is -1.76. The lowest BCUT2D eigenvalue weighted by Gasteiger charge is -2.31. The minimum atomic E-state index is -1.74. The lowest BCUT2D eigenvalue weighted by molar-refractivity contribution is -0.141. The first kappa shape index (κ1) is 15.1. The van der Waals surface area contributed by atoms with E-state index in [4.69, 9.17) is 4.74 Å². The van der Waals surface area contributed by atoms with Gasteiger partial charge in [0.15, 0.2) is 5.60 Å². The average Bonchev–Trinajstić information content (AvgIpc) is 2.70. The third kappa shape index (κ3) is 2.54. The summed E-state index contributed by atoms with van der Waals surface area (Å²) in [7, 11) is 0. The van der Waals surface area contributed by atoms with E-state index >= 15 is 0 Å². The molecule has 0 spiro atoms. The number of hydrogen-bond acceptors (Lipinski definition) is 5. The molecule has 2 heterocycles. The number of fused-ring (bicyclic) bond motifs is 1. The highest BCUT2D eigenvalue weighted by Gasteiger charge is 2.50. The van der Waals surface area contributed by atoms with Crippen molar-refractivity contribution in [2.45, 2.75) is 18.9 Å². The Kier molecular flexibility index (Phi) is 3.99. The highest BCUT2D eigenvalue weighted by atomic mass is 16.5. The molecule has 1 amide bonds.